The third-order valence-electron chi connectivity index (χ3n) is 6.16. The molecule has 0 saturated carbocycles. The van der Waals surface area contributed by atoms with E-state index in [1.165, 1.54) is 25.3 Å². The molecule has 4 rings (SSSR count). The second-order valence-electron chi connectivity index (χ2n) is 8.70. The molecule has 0 spiro atoms. The molecule has 2 aliphatic heterocycles. The van der Waals surface area contributed by atoms with Gasteiger partial charge in [0.15, 0.2) is 0 Å². The molecule has 1 amide bonds. The summed E-state index contributed by atoms with van der Waals surface area (Å²) in [7, 11) is 0.697. The van der Waals surface area contributed by atoms with E-state index in [0.29, 0.717) is 11.0 Å². The van der Waals surface area contributed by atoms with Crippen molar-refractivity contribution in [1.29, 1.82) is 0 Å². The van der Waals surface area contributed by atoms with Crippen molar-refractivity contribution in [2.75, 3.05) is 7.11 Å². The molecule has 0 unspecified atom stereocenters. The maximum atomic E-state index is 15.2. The predicted octanol–water partition coefficient (Wildman–Crippen LogP) is 1.88. The van der Waals surface area contributed by atoms with Gasteiger partial charge in [0.25, 0.3) is 0 Å². The zero-order chi connectivity index (χ0) is 23.3. The second-order valence-corrected chi connectivity index (χ2v) is 11.5. The van der Waals surface area contributed by atoms with Gasteiger partial charge in [0, 0.05) is 0 Å². The van der Waals surface area contributed by atoms with Crippen molar-refractivity contribution < 1.29 is 27.6 Å². The average molecular weight is 547 g/mol. The van der Waals surface area contributed by atoms with Gasteiger partial charge in [0.05, 0.1) is 0 Å². The van der Waals surface area contributed by atoms with Crippen molar-refractivity contribution >= 4 is 49.7 Å². The number of nitrogens with one attached hydrogen (secondary N) is 1. The number of rotatable bonds is 5. The molecule has 2 aliphatic rings. The molecule has 1 saturated heterocycles. The van der Waals surface area contributed by atoms with Gasteiger partial charge < -0.3 is 0 Å². The number of carbonyl (C=O) groups is 1. The summed E-state index contributed by atoms with van der Waals surface area (Å²) in [5.74, 6) is -1.32. The van der Waals surface area contributed by atoms with Gasteiger partial charge in [-0.1, -0.05) is 0 Å². The Morgan fingerprint density at radius 1 is 1.19 bits per heavy atom. The van der Waals surface area contributed by atoms with Gasteiger partial charge in [-0.3, -0.25) is 0 Å². The van der Waals surface area contributed by atoms with Crippen molar-refractivity contribution in [3.63, 3.8) is 0 Å². The van der Waals surface area contributed by atoms with Crippen LogP contribution in [-0.2, 0) is 15.9 Å². The van der Waals surface area contributed by atoms with Crippen molar-refractivity contribution in [2.45, 2.75) is 45.4 Å². The van der Waals surface area contributed by atoms with E-state index in [1.807, 2.05) is 27.7 Å². The van der Waals surface area contributed by atoms with Crippen LogP contribution < -0.4 is 19.1 Å². The number of ether oxygens (including phenoxy) is 1. The third-order valence-corrected chi connectivity index (χ3v) is 9.17. The first kappa shape index (κ1) is 23.2. The number of halogens is 2. The number of amides is 1. The molecule has 0 aromatic heterocycles. The van der Waals surface area contributed by atoms with Crippen LogP contribution in [0.4, 0.5) is 8.78 Å². The molecule has 0 bridgehead atoms. The fraction of sp³-hybridized carbons (Fsp3) is 0.364. The van der Waals surface area contributed by atoms with Crippen LogP contribution in [0.1, 0.15) is 49.2 Å². The molecule has 0 aliphatic carbocycles. The Kier molecular flexibility index (Phi) is 6.10. The summed E-state index contributed by atoms with van der Waals surface area (Å²) >= 11 is -1.42. The summed E-state index contributed by atoms with van der Waals surface area (Å²) in [6.45, 7) is 7.73. The number of hydrogen-bond acceptors (Lipinski definition) is 5. The van der Waals surface area contributed by atoms with Crippen molar-refractivity contribution in [1.82, 2.24) is 5.32 Å². The SMILES string of the molecule is COc1ccc(F)cc1C(=O)NCc1c(F)cc(B2OC(C)(C)C(C)(C)O2)c2[c]1[Sn][N]=C2. The summed E-state index contributed by atoms with van der Waals surface area (Å²) in [5, 5.41) is 2.69. The Morgan fingerprint density at radius 2 is 1.88 bits per heavy atom. The molecule has 32 heavy (non-hydrogen) atoms. The zero-order valence-corrected chi connectivity index (χ0v) is 21.4. The van der Waals surface area contributed by atoms with Gasteiger partial charge in [-0.2, -0.15) is 0 Å². The van der Waals surface area contributed by atoms with E-state index in [9.17, 15) is 9.18 Å². The van der Waals surface area contributed by atoms with E-state index in [1.54, 1.807) is 6.21 Å². The molecule has 166 valence electrons. The Labute approximate surface area is 196 Å². The van der Waals surface area contributed by atoms with Gasteiger partial charge >= 0.3 is 197 Å². The van der Waals surface area contributed by atoms with Crippen LogP contribution in [0, 0.1) is 11.6 Å². The zero-order valence-electron chi connectivity index (χ0n) is 18.5. The first-order chi connectivity index (χ1) is 15.0. The fourth-order valence-electron chi connectivity index (χ4n) is 3.62. The van der Waals surface area contributed by atoms with Crippen LogP contribution in [0.25, 0.3) is 0 Å². The molecule has 2 radical (unpaired) electrons. The summed E-state index contributed by atoms with van der Waals surface area (Å²) in [4.78, 5) is 12.6. The quantitative estimate of drug-likeness (QED) is 0.582. The molecule has 1 fully saturated rings. The van der Waals surface area contributed by atoms with Gasteiger partial charge in [-0.25, -0.2) is 0 Å². The number of methoxy groups -OCH3 is 1. The Morgan fingerprint density at radius 3 is 2.53 bits per heavy atom. The van der Waals surface area contributed by atoms with E-state index in [4.69, 9.17) is 14.0 Å². The number of benzene rings is 2. The van der Waals surface area contributed by atoms with E-state index < -0.39 is 57.3 Å². The normalized spacial score (nSPS) is 18.0. The van der Waals surface area contributed by atoms with Gasteiger partial charge in [0.2, 0.25) is 0 Å². The molecule has 2 heterocycles. The summed E-state index contributed by atoms with van der Waals surface area (Å²) in [6, 6.07) is 5.09. The topological polar surface area (TPSA) is 69.2 Å². The van der Waals surface area contributed by atoms with E-state index >= 15 is 4.39 Å². The molecule has 0 atom stereocenters. The van der Waals surface area contributed by atoms with Crippen molar-refractivity contribution in [3.8, 4) is 5.75 Å². The van der Waals surface area contributed by atoms with E-state index in [-0.39, 0.29) is 17.9 Å². The second kappa shape index (κ2) is 8.42. The monoisotopic (exact) mass is 548 g/mol. The molecular weight excluding hydrogens is 524 g/mol. The Balaban J connectivity index is 1.61. The molecule has 6 nitrogen and oxygen atoms in total. The standard InChI is InChI=1S/C22H23BF2N2O4.Sn/c1-21(2)22(3,4)31-23(30-21)17-10-18(25)14(8-13(17)11-26)12-27-20(28)16-9-15(24)6-7-19(16)29-5;/h6-7,9-11H,12H2,1-5H3,(H,27,28);/q-1;+1. The average Bonchev–Trinajstić information content (AvgIpc) is 3.28. The van der Waals surface area contributed by atoms with Crippen LogP contribution in [0.5, 0.6) is 5.75 Å². The van der Waals surface area contributed by atoms with Gasteiger partial charge in [-0.15, -0.1) is 0 Å². The minimum atomic E-state index is -1.42. The van der Waals surface area contributed by atoms with E-state index in [2.05, 4.69) is 8.53 Å². The van der Waals surface area contributed by atoms with Gasteiger partial charge in [0.1, 0.15) is 0 Å². The number of fused-ring (bicyclic) bond motifs is 1. The molecule has 2 aromatic rings. The first-order valence-electron chi connectivity index (χ1n) is 10.2. The summed E-state index contributed by atoms with van der Waals surface area (Å²) in [6.07, 6.45) is 1.75. The molecular formula is C22H23BF2N2O4Sn. The van der Waals surface area contributed by atoms with Crippen LogP contribution in [0.3, 0.4) is 0 Å². The molecule has 10 heteroatoms. The number of carbonyl (C=O) groups excluding carboxylic acids is 1. The minimum absolute atomic E-state index is 0.0412. The molecule has 2 aromatic carbocycles. The van der Waals surface area contributed by atoms with E-state index in [0.717, 1.165) is 15.2 Å². The van der Waals surface area contributed by atoms with Crippen molar-refractivity contribution in [3.05, 3.63) is 52.6 Å². The summed E-state index contributed by atoms with van der Waals surface area (Å²) < 4.78 is 51.5. The van der Waals surface area contributed by atoms with Crippen LogP contribution >= 0.6 is 0 Å². The van der Waals surface area contributed by atoms with Crippen LogP contribution in [0.2, 0.25) is 0 Å². The first-order valence-corrected chi connectivity index (χ1v) is 12.9. The Hall–Kier alpha value is -1.98. The fourth-order valence-corrected chi connectivity index (χ4v) is 6.45. The maximum absolute atomic E-state index is 15.2. The Bertz CT molecular complexity index is 1110. The predicted molar refractivity (Wildman–Crippen MR) is 119 cm³/mol. The van der Waals surface area contributed by atoms with Crippen molar-refractivity contribution in [2.24, 2.45) is 3.21 Å². The van der Waals surface area contributed by atoms with Crippen LogP contribution in [-0.4, -0.2) is 59.0 Å². The summed E-state index contributed by atoms with van der Waals surface area (Å²) in [5.41, 5.74) is 0.771. The number of nitrogens with zero attached hydrogens (tertiary/aromatic N) is 1. The molecule has 1 N–H and O–H groups in total. The third kappa shape index (κ3) is 4.06. The van der Waals surface area contributed by atoms with Gasteiger partial charge in [-0.05, 0) is 0 Å². The number of hydrogen-bond donors (Lipinski definition) is 1. The van der Waals surface area contributed by atoms with Crippen LogP contribution in [0.15, 0.2) is 27.5 Å².